The third kappa shape index (κ3) is 3.37. The minimum atomic E-state index is -0.0614. The van der Waals surface area contributed by atoms with Gasteiger partial charge >= 0.3 is 0 Å². The standard InChI is InChI=1S/C16H13N3O2/c17-10-13-2-1-3-15(18-13)21-14-8-4-11(5-9-14)16(20)19-12-6-7-12/h1-5,8-9,12H,6-7H2,(H,19,20). The highest BCUT2D eigenvalue weighted by Crippen LogP contribution is 2.22. The zero-order chi connectivity index (χ0) is 14.7. The first-order chi connectivity index (χ1) is 10.2. The van der Waals surface area contributed by atoms with Crippen LogP contribution < -0.4 is 10.1 Å². The lowest BCUT2D eigenvalue weighted by Gasteiger charge is -2.06. The van der Waals surface area contributed by atoms with Crippen LogP contribution in [-0.4, -0.2) is 16.9 Å². The van der Waals surface area contributed by atoms with Gasteiger partial charge in [0.1, 0.15) is 17.5 Å². The fraction of sp³-hybridized carbons (Fsp3) is 0.188. The van der Waals surface area contributed by atoms with Gasteiger partial charge in [0.15, 0.2) is 0 Å². The molecule has 1 aliphatic carbocycles. The summed E-state index contributed by atoms with van der Waals surface area (Å²) < 4.78 is 5.56. The van der Waals surface area contributed by atoms with Gasteiger partial charge in [-0.3, -0.25) is 4.79 Å². The molecule has 0 unspecified atom stereocenters. The number of nitrogens with one attached hydrogen (secondary N) is 1. The molecule has 0 atom stereocenters. The lowest BCUT2D eigenvalue weighted by molar-refractivity contribution is 0.0951. The number of nitriles is 1. The fourth-order valence-corrected chi connectivity index (χ4v) is 1.83. The summed E-state index contributed by atoms with van der Waals surface area (Å²) in [7, 11) is 0. The highest BCUT2D eigenvalue weighted by Gasteiger charge is 2.23. The quantitative estimate of drug-likeness (QED) is 0.933. The number of hydrogen-bond donors (Lipinski definition) is 1. The van der Waals surface area contributed by atoms with Crippen LogP contribution in [-0.2, 0) is 0 Å². The number of carbonyl (C=O) groups excluding carboxylic acids is 1. The minimum Gasteiger partial charge on any atom is -0.439 e. The summed E-state index contributed by atoms with van der Waals surface area (Å²) in [4.78, 5) is 15.9. The topological polar surface area (TPSA) is 75.0 Å². The van der Waals surface area contributed by atoms with Crippen molar-refractivity contribution in [3.8, 4) is 17.7 Å². The second-order valence-electron chi connectivity index (χ2n) is 4.85. The predicted molar refractivity (Wildman–Crippen MR) is 76.0 cm³/mol. The van der Waals surface area contributed by atoms with E-state index in [2.05, 4.69) is 10.3 Å². The van der Waals surface area contributed by atoms with Crippen molar-refractivity contribution >= 4 is 5.91 Å². The molecule has 1 saturated carbocycles. The summed E-state index contributed by atoms with van der Waals surface area (Å²) in [6.07, 6.45) is 2.13. The average Bonchev–Trinajstić information content (AvgIpc) is 3.32. The Morgan fingerprint density at radius 1 is 1.24 bits per heavy atom. The molecule has 1 heterocycles. The van der Waals surface area contributed by atoms with Crippen LogP contribution in [0.15, 0.2) is 42.5 Å². The maximum Gasteiger partial charge on any atom is 0.251 e. The summed E-state index contributed by atoms with van der Waals surface area (Å²) in [5.41, 5.74) is 0.904. The molecule has 0 radical (unpaired) electrons. The fourth-order valence-electron chi connectivity index (χ4n) is 1.83. The molecule has 1 N–H and O–H groups in total. The van der Waals surface area contributed by atoms with Gasteiger partial charge in [0, 0.05) is 17.7 Å². The molecule has 0 aliphatic heterocycles. The number of nitrogens with zero attached hydrogens (tertiary/aromatic N) is 2. The third-order valence-corrected chi connectivity index (χ3v) is 3.09. The number of rotatable bonds is 4. The van der Waals surface area contributed by atoms with E-state index < -0.39 is 0 Å². The third-order valence-electron chi connectivity index (χ3n) is 3.09. The average molecular weight is 279 g/mol. The number of ether oxygens (including phenoxy) is 1. The van der Waals surface area contributed by atoms with E-state index in [1.165, 1.54) is 0 Å². The summed E-state index contributed by atoms with van der Waals surface area (Å²) in [6, 6.07) is 14.1. The summed E-state index contributed by atoms with van der Waals surface area (Å²) in [5, 5.41) is 11.7. The van der Waals surface area contributed by atoms with Crippen molar-refractivity contribution in [1.82, 2.24) is 10.3 Å². The largest absolute Gasteiger partial charge is 0.439 e. The SMILES string of the molecule is N#Cc1cccc(Oc2ccc(C(=O)NC3CC3)cc2)n1. The number of pyridine rings is 1. The molecule has 2 aromatic rings. The van der Waals surface area contributed by atoms with Crippen LogP contribution in [0, 0.1) is 11.3 Å². The van der Waals surface area contributed by atoms with E-state index in [-0.39, 0.29) is 5.91 Å². The number of benzene rings is 1. The van der Waals surface area contributed by atoms with Gasteiger partial charge in [-0.2, -0.15) is 5.26 Å². The van der Waals surface area contributed by atoms with Crippen LogP contribution in [0.1, 0.15) is 28.9 Å². The Kier molecular flexibility index (Phi) is 3.52. The Hall–Kier alpha value is -2.87. The molecule has 0 bridgehead atoms. The lowest BCUT2D eigenvalue weighted by Crippen LogP contribution is -2.25. The van der Waals surface area contributed by atoms with E-state index in [1.807, 2.05) is 6.07 Å². The molecule has 5 heteroatoms. The first kappa shape index (κ1) is 13.1. The number of aromatic nitrogens is 1. The molecule has 1 aromatic heterocycles. The van der Waals surface area contributed by atoms with Crippen LogP contribution in [0.5, 0.6) is 11.6 Å². The second-order valence-corrected chi connectivity index (χ2v) is 4.85. The van der Waals surface area contributed by atoms with Gasteiger partial charge in [-0.1, -0.05) is 6.07 Å². The maximum atomic E-state index is 11.8. The van der Waals surface area contributed by atoms with Gasteiger partial charge in [-0.05, 0) is 43.2 Å². The van der Waals surface area contributed by atoms with E-state index >= 15 is 0 Å². The Morgan fingerprint density at radius 3 is 2.67 bits per heavy atom. The minimum absolute atomic E-state index is 0.0614. The van der Waals surface area contributed by atoms with Gasteiger partial charge in [-0.15, -0.1) is 0 Å². The van der Waals surface area contributed by atoms with E-state index in [0.717, 1.165) is 12.8 Å². The van der Waals surface area contributed by atoms with Crippen LogP contribution >= 0.6 is 0 Å². The van der Waals surface area contributed by atoms with Crippen molar-refractivity contribution in [2.45, 2.75) is 18.9 Å². The summed E-state index contributed by atoms with van der Waals surface area (Å²) >= 11 is 0. The Labute approximate surface area is 122 Å². The van der Waals surface area contributed by atoms with Crippen LogP contribution in [0.2, 0.25) is 0 Å². The molecule has 21 heavy (non-hydrogen) atoms. The van der Waals surface area contributed by atoms with Gasteiger partial charge in [0.2, 0.25) is 5.88 Å². The van der Waals surface area contributed by atoms with Crippen molar-refractivity contribution in [1.29, 1.82) is 5.26 Å². The molecule has 1 fully saturated rings. The van der Waals surface area contributed by atoms with Crippen molar-refractivity contribution in [3.05, 3.63) is 53.7 Å². The molecule has 0 spiro atoms. The maximum absolute atomic E-state index is 11.8. The van der Waals surface area contributed by atoms with Crippen molar-refractivity contribution < 1.29 is 9.53 Å². The second kappa shape index (κ2) is 5.63. The molecule has 0 saturated heterocycles. The van der Waals surface area contributed by atoms with Crippen molar-refractivity contribution in [3.63, 3.8) is 0 Å². The molecule has 104 valence electrons. The number of hydrogen-bond acceptors (Lipinski definition) is 4. The van der Waals surface area contributed by atoms with E-state index in [9.17, 15) is 4.79 Å². The van der Waals surface area contributed by atoms with Gasteiger partial charge in [-0.25, -0.2) is 4.98 Å². The lowest BCUT2D eigenvalue weighted by atomic mass is 10.2. The summed E-state index contributed by atoms with van der Waals surface area (Å²) in [6.45, 7) is 0. The highest BCUT2D eigenvalue weighted by atomic mass is 16.5. The molecular weight excluding hydrogens is 266 g/mol. The molecule has 1 aliphatic rings. The zero-order valence-corrected chi connectivity index (χ0v) is 11.2. The Balaban J connectivity index is 1.68. The van der Waals surface area contributed by atoms with Crippen LogP contribution in [0.25, 0.3) is 0 Å². The molecular formula is C16H13N3O2. The van der Waals surface area contributed by atoms with Crippen molar-refractivity contribution in [2.75, 3.05) is 0 Å². The zero-order valence-electron chi connectivity index (χ0n) is 11.2. The van der Waals surface area contributed by atoms with E-state index in [4.69, 9.17) is 10.00 Å². The first-order valence-electron chi connectivity index (χ1n) is 6.70. The van der Waals surface area contributed by atoms with Gasteiger partial charge in [0.05, 0.1) is 0 Å². The van der Waals surface area contributed by atoms with Gasteiger partial charge < -0.3 is 10.1 Å². The van der Waals surface area contributed by atoms with Crippen LogP contribution in [0.3, 0.4) is 0 Å². The first-order valence-corrected chi connectivity index (χ1v) is 6.70. The summed E-state index contributed by atoms with van der Waals surface area (Å²) in [5.74, 6) is 0.860. The molecule has 5 nitrogen and oxygen atoms in total. The van der Waals surface area contributed by atoms with E-state index in [0.29, 0.717) is 28.9 Å². The number of amides is 1. The monoisotopic (exact) mass is 279 g/mol. The molecule has 1 amide bonds. The predicted octanol–water partition coefficient (Wildman–Crippen LogP) is 2.64. The van der Waals surface area contributed by atoms with Crippen LogP contribution in [0.4, 0.5) is 0 Å². The van der Waals surface area contributed by atoms with Crippen molar-refractivity contribution in [2.24, 2.45) is 0 Å². The normalized spacial score (nSPS) is 13.3. The Bertz CT molecular complexity index is 700. The van der Waals surface area contributed by atoms with Gasteiger partial charge in [0.25, 0.3) is 5.91 Å². The van der Waals surface area contributed by atoms with E-state index in [1.54, 1.807) is 42.5 Å². The Morgan fingerprint density at radius 2 is 2.00 bits per heavy atom. The smallest absolute Gasteiger partial charge is 0.251 e. The highest BCUT2D eigenvalue weighted by molar-refractivity contribution is 5.94. The molecule has 3 rings (SSSR count). The molecule has 1 aromatic carbocycles. The number of carbonyl (C=O) groups is 1.